The molecule has 0 aliphatic carbocycles. The fraction of sp³-hybridized carbons (Fsp3) is 0.333. The highest BCUT2D eigenvalue weighted by molar-refractivity contribution is 7.89. The Morgan fingerprint density at radius 3 is 2.27 bits per heavy atom. The van der Waals surface area contributed by atoms with Gasteiger partial charge in [-0.05, 0) is 36.4 Å². The summed E-state index contributed by atoms with van der Waals surface area (Å²) in [6, 6.07) is 12.9. The van der Waals surface area contributed by atoms with E-state index >= 15 is 0 Å². The van der Waals surface area contributed by atoms with E-state index in [1.807, 2.05) is 6.07 Å². The van der Waals surface area contributed by atoms with Gasteiger partial charge in [-0.1, -0.05) is 12.1 Å². The van der Waals surface area contributed by atoms with Gasteiger partial charge in [-0.3, -0.25) is 4.90 Å². The Labute approximate surface area is 153 Å². The lowest BCUT2D eigenvalue weighted by molar-refractivity contribution is 0.200. The van der Waals surface area contributed by atoms with Gasteiger partial charge in [-0.25, -0.2) is 17.9 Å². The summed E-state index contributed by atoms with van der Waals surface area (Å²) in [6.07, 6.45) is 0. The fourth-order valence-corrected chi connectivity index (χ4v) is 3.45. The van der Waals surface area contributed by atoms with Crippen molar-refractivity contribution < 1.29 is 17.5 Å². The standard InChI is InChI=1S/C18H22FN3O3S/c19-17-3-1-2-4-18(17)22-11-9-21(10-12-22)13-14-25-15-5-7-16(8-6-15)26(20,23)24/h1-8H,9-14H2,(H2,20,23,24). The van der Waals surface area contributed by atoms with E-state index in [1.54, 1.807) is 24.3 Å². The molecule has 26 heavy (non-hydrogen) atoms. The second-order valence-corrected chi connectivity index (χ2v) is 7.71. The van der Waals surface area contributed by atoms with Crippen LogP contribution in [0.5, 0.6) is 5.75 Å². The predicted molar refractivity (Wildman–Crippen MR) is 98.4 cm³/mol. The molecule has 0 aromatic heterocycles. The average Bonchev–Trinajstić information content (AvgIpc) is 2.63. The molecule has 2 N–H and O–H groups in total. The molecule has 6 nitrogen and oxygen atoms in total. The summed E-state index contributed by atoms with van der Waals surface area (Å²) in [5.74, 6) is 0.412. The van der Waals surface area contributed by atoms with Crippen LogP contribution in [0.2, 0.25) is 0 Å². The van der Waals surface area contributed by atoms with E-state index in [-0.39, 0.29) is 10.7 Å². The van der Waals surface area contributed by atoms with Gasteiger partial charge in [0.15, 0.2) is 0 Å². The van der Waals surface area contributed by atoms with Crippen LogP contribution in [0, 0.1) is 5.82 Å². The second-order valence-electron chi connectivity index (χ2n) is 6.14. The van der Waals surface area contributed by atoms with Crippen molar-refractivity contribution in [2.45, 2.75) is 4.90 Å². The molecule has 0 saturated carbocycles. The predicted octanol–water partition coefficient (Wildman–Crippen LogP) is 1.67. The first-order chi connectivity index (χ1) is 12.4. The average molecular weight is 379 g/mol. The van der Waals surface area contributed by atoms with Gasteiger partial charge in [0.25, 0.3) is 0 Å². The largest absolute Gasteiger partial charge is 0.492 e. The zero-order chi connectivity index (χ0) is 18.6. The second kappa shape index (κ2) is 8.03. The number of nitrogens with zero attached hydrogens (tertiary/aromatic N) is 2. The maximum Gasteiger partial charge on any atom is 0.238 e. The molecule has 1 saturated heterocycles. The Hall–Kier alpha value is -2.16. The van der Waals surface area contributed by atoms with Crippen LogP contribution in [0.25, 0.3) is 0 Å². The molecule has 2 aromatic carbocycles. The van der Waals surface area contributed by atoms with Crippen molar-refractivity contribution in [1.82, 2.24) is 4.90 Å². The Kier molecular flexibility index (Phi) is 5.75. The number of primary sulfonamides is 1. The van der Waals surface area contributed by atoms with Gasteiger partial charge in [-0.2, -0.15) is 0 Å². The monoisotopic (exact) mass is 379 g/mol. The summed E-state index contributed by atoms with van der Waals surface area (Å²) >= 11 is 0. The lowest BCUT2D eigenvalue weighted by Crippen LogP contribution is -2.47. The van der Waals surface area contributed by atoms with E-state index in [0.717, 1.165) is 32.7 Å². The number of ether oxygens (including phenoxy) is 1. The number of benzene rings is 2. The Bertz CT molecular complexity index is 835. The summed E-state index contributed by atoms with van der Waals surface area (Å²) in [4.78, 5) is 4.38. The molecule has 3 rings (SSSR count). The van der Waals surface area contributed by atoms with Crippen molar-refractivity contribution in [2.75, 3.05) is 44.2 Å². The van der Waals surface area contributed by atoms with Gasteiger partial charge in [-0.15, -0.1) is 0 Å². The molecule has 140 valence electrons. The quantitative estimate of drug-likeness (QED) is 0.826. The summed E-state index contributed by atoms with van der Waals surface area (Å²) in [7, 11) is -3.68. The first-order valence-corrected chi connectivity index (χ1v) is 9.95. The Balaban J connectivity index is 1.44. The summed E-state index contributed by atoms with van der Waals surface area (Å²) in [5, 5.41) is 5.06. The molecule has 0 radical (unpaired) electrons. The van der Waals surface area contributed by atoms with Crippen LogP contribution < -0.4 is 14.8 Å². The number of hydrogen-bond acceptors (Lipinski definition) is 5. The number of sulfonamides is 1. The molecule has 1 aliphatic rings. The minimum absolute atomic E-state index is 0.0640. The van der Waals surface area contributed by atoms with Gasteiger partial charge < -0.3 is 9.64 Å². The highest BCUT2D eigenvalue weighted by Crippen LogP contribution is 2.20. The zero-order valence-corrected chi connectivity index (χ0v) is 15.2. The molecule has 0 spiro atoms. The van der Waals surface area contributed by atoms with E-state index in [2.05, 4.69) is 9.80 Å². The summed E-state index contributed by atoms with van der Waals surface area (Å²) in [6.45, 7) is 4.45. The van der Waals surface area contributed by atoms with Crippen molar-refractivity contribution in [3.63, 3.8) is 0 Å². The Morgan fingerprint density at radius 2 is 1.65 bits per heavy atom. The smallest absolute Gasteiger partial charge is 0.238 e. The number of piperazine rings is 1. The number of anilines is 1. The van der Waals surface area contributed by atoms with E-state index in [1.165, 1.54) is 18.2 Å². The number of para-hydroxylation sites is 1. The van der Waals surface area contributed by atoms with Crippen molar-refractivity contribution in [3.05, 3.63) is 54.3 Å². The third kappa shape index (κ3) is 4.72. The van der Waals surface area contributed by atoms with E-state index in [0.29, 0.717) is 18.0 Å². The SMILES string of the molecule is NS(=O)(=O)c1ccc(OCCN2CCN(c3ccccc3F)CC2)cc1. The minimum atomic E-state index is -3.68. The van der Waals surface area contributed by atoms with Crippen LogP contribution in [0.15, 0.2) is 53.4 Å². The molecule has 0 amide bonds. The normalized spacial score (nSPS) is 15.8. The van der Waals surface area contributed by atoms with Crippen LogP contribution in [0.1, 0.15) is 0 Å². The molecule has 0 unspecified atom stereocenters. The first kappa shape index (κ1) is 18.6. The molecule has 0 atom stereocenters. The Morgan fingerprint density at radius 1 is 1.00 bits per heavy atom. The molecule has 0 bridgehead atoms. The molecule has 2 aromatic rings. The lowest BCUT2D eigenvalue weighted by Gasteiger charge is -2.36. The third-order valence-electron chi connectivity index (χ3n) is 4.39. The maximum absolute atomic E-state index is 13.8. The van der Waals surface area contributed by atoms with Crippen LogP contribution >= 0.6 is 0 Å². The van der Waals surface area contributed by atoms with Crippen molar-refractivity contribution in [3.8, 4) is 5.75 Å². The fourth-order valence-electron chi connectivity index (χ4n) is 2.94. The molecule has 8 heteroatoms. The summed E-state index contributed by atoms with van der Waals surface area (Å²) < 4.78 is 41.9. The van der Waals surface area contributed by atoms with Crippen molar-refractivity contribution in [1.29, 1.82) is 0 Å². The van der Waals surface area contributed by atoms with Gasteiger partial charge in [0.1, 0.15) is 18.2 Å². The minimum Gasteiger partial charge on any atom is -0.492 e. The van der Waals surface area contributed by atoms with Crippen molar-refractivity contribution >= 4 is 15.7 Å². The highest BCUT2D eigenvalue weighted by atomic mass is 32.2. The highest BCUT2D eigenvalue weighted by Gasteiger charge is 2.19. The molecular weight excluding hydrogens is 357 g/mol. The first-order valence-electron chi connectivity index (χ1n) is 8.41. The van der Waals surface area contributed by atoms with Gasteiger partial charge in [0, 0.05) is 32.7 Å². The lowest BCUT2D eigenvalue weighted by atomic mass is 10.2. The molecule has 1 aliphatic heterocycles. The number of rotatable bonds is 6. The van der Waals surface area contributed by atoms with Gasteiger partial charge >= 0.3 is 0 Å². The van der Waals surface area contributed by atoms with E-state index < -0.39 is 10.0 Å². The van der Waals surface area contributed by atoms with Crippen molar-refractivity contribution in [2.24, 2.45) is 5.14 Å². The third-order valence-corrected chi connectivity index (χ3v) is 5.32. The number of nitrogens with two attached hydrogens (primary N) is 1. The molecular formula is C18H22FN3O3S. The summed E-state index contributed by atoms with van der Waals surface area (Å²) in [5.41, 5.74) is 0.651. The van der Waals surface area contributed by atoms with Gasteiger partial charge in [0.2, 0.25) is 10.0 Å². The van der Waals surface area contributed by atoms with Crippen LogP contribution in [-0.2, 0) is 10.0 Å². The van der Waals surface area contributed by atoms with Crippen LogP contribution in [0.4, 0.5) is 10.1 Å². The number of hydrogen-bond donors (Lipinski definition) is 1. The topological polar surface area (TPSA) is 75.9 Å². The number of halogens is 1. The van der Waals surface area contributed by atoms with Gasteiger partial charge in [0.05, 0.1) is 10.6 Å². The van der Waals surface area contributed by atoms with E-state index in [9.17, 15) is 12.8 Å². The zero-order valence-electron chi connectivity index (χ0n) is 14.3. The maximum atomic E-state index is 13.8. The van der Waals surface area contributed by atoms with E-state index in [4.69, 9.17) is 9.88 Å². The molecule has 1 heterocycles. The van der Waals surface area contributed by atoms with Crippen LogP contribution in [-0.4, -0.2) is 52.6 Å². The molecule has 1 fully saturated rings. The van der Waals surface area contributed by atoms with Crippen LogP contribution in [0.3, 0.4) is 0 Å².